The molecule has 0 saturated carbocycles. The van der Waals surface area contributed by atoms with Crippen LogP contribution in [0.5, 0.6) is 5.75 Å². The van der Waals surface area contributed by atoms with Crippen molar-refractivity contribution in [2.24, 2.45) is 0 Å². The molecule has 0 aliphatic heterocycles. The molecule has 3 rings (SSSR count). The Morgan fingerprint density at radius 2 is 1.53 bits per heavy atom. The number of ether oxygens (including phenoxy) is 1. The third kappa shape index (κ3) is 8.76. The van der Waals surface area contributed by atoms with Gasteiger partial charge >= 0.3 is 0 Å². The van der Waals surface area contributed by atoms with Crippen LogP contribution in [0, 0.1) is 0 Å². The van der Waals surface area contributed by atoms with Crippen molar-refractivity contribution in [1.82, 2.24) is 10.2 Å². The lowest BCUT2D eigenvalue weighted by atomic mass is 9.98. The third-order valence-corrected chi connectivity index (χ3v) is 6.53. The second-order valence-electron chi connectivity index (χ2n) is 11.2. The molecule has 0 unspecified atom stereocenters. The van der Waals surface area contributed by atoms with E-state index in [0.717, 1.165) is 22.4 Å². The van der Waals surface area contributed by atoms with Crippen LogP contribution in [-0.4, -0.2) is 35.4 Å². The zero-order valence-corrected chi connectivity index (χ0v) is 23.7. The minimum Gasteiger partial charge on any atom is -0.497 e. The van der Waals surface area contributed by atoms with Gasteiger partial charge in [-0.1, -0.05) is 80.6 Å². The molecule has 3 aromatic rings. The number of aryl methyl sites for hydroxylation is 1. The summed E-state index contributed by atoms with van der Waals surface area (Å²) in [4.78, 5) is 29.3. The van der Waals surface area contributed by atoms with Gasteiger partial charge in [0.25, 0.3) is 0 Å². The Bertz CT molecular complexity index is 1180. The summed E-state index contributed by atoms with van der Waals surface area (Å²) >= 11 is 0. The number of benzene rings is 3. The van der Waals surface area contributed by atoms with Crippen LogP contribution in [0.25, 0.3) is 0 Å². The number of rotatable bonds is 11. The number of methoxy groups -OCH3 is 1. The second-order valence-corrected chi connectivity index (χ2v) is 11.2. The van der Waals surface area contributed by atoms with E-state index in [1.54, 1.807) is 12.0 Å². The number of amides is 2. The molecule has 0 fully saturated rings. The highest BCUT2D eigenvalue weighted by molar-refractivity contribution is 5.88. The van der Waals surface area contributed by atoms with Crippen molar-refractivity contribution >= 4 is 11.8 Å². The second kappa shape index (κ2) is 13.3. The van der Waals surface area contributed by atoms with E-state index < -0.39 is 11.6 Å². The smallest absolute Gasteiger partial charge is 0.243 e. The Morgan fingerprint density at radius 1 is 0.868 bits per heavy atom. The Balaban J connectivity index is 1.92. The van der Waals surface area contributed by atoms with Crippen LogP contribution in [-0.2, 0) is 29.0 Å². The van der Waals surface area contributed by atoms with Crippen molar-refractivity contribution in [3.63, 3.8) is 0 Å². The molecule has 0 heterocycles. The Morgan fingerprint density at radius 3 is 2.13 bits per heavy atom. The maximum atomic E-state index is 13.9. The first-order chi connectivity index (χ1) is 18.1. The lowest BCUT2D eigenvalue weighted by Gasteiger charge is -2.34. The van der Waals surface area contributed by atoms with Crippen LogP contribution >= 0.6 is 0 Å². The number of hydrogen-bond acceptors (Lipinski definition) is 3. The van der Waals surface area contributed by atoms with Crippen molar-refractivity contribution in [1.29, 1.82) is 0 Å². The molecule has 0 radical (unpaired) electrons. The van der Waals surface area contributed by atoms with Crippen molar-refractivity contribution < 1.29 is 14.3 Å². The molecule has 0 spiro atoms. The number of nitrogens with zero attached hydrogens (tertiary/aromatic N) is 1. The van der Waals surface area contributed by atoms with Crippen molar-refractivity contribution in [2.75, 3.05) is 7.11 Å². The Kier molecular flexibility index (Phi) is 10.1. The van der Waals surface area contributed by atoms with E-state index in [9.17, 15) is 9.59 Å². The quantitative estimate of drug-likeness (QED) is 0.326. The molecule has 0 aliphatic carbocycles. The van der Waals surface area contributed by atoms with Gasteiger partial charge in [-0.3, -0.25) is 9.59 Å². The summed E-state index contributed by atoms with van der Waals surface area (Å²) in [6, 6.07) is 25.4. The molecule has 5 nitrogen and oxygen atoms in total. The Hall–Kier alpha value is -3.60. The standard InChI is InChI=1S/C33H42N2O3/c1-24(2)28-18-15-25(16-19-28)17-20-31(36)35(23-27-13-10-14-29(21-27)38-6)30(32(37)34-33(3,4)5)22-26-11-8-7-9-12-26/h7-16,18-19,21,24,30H,17,20,22-23H2,1-6H3,(H,34,37)/t30-/m1/s1. The minimum atomic E-state index is -0.654. The molecular formula is C33H42N2O3. The van der Waals surface area contributed by atoms with Crippen LogP contribution in [0.1, 0.15) is 69.2 Å². The summed E-state index contributed by atoms with van der Waals surface area (Å²) in [7, 11) is 1.63. The fraction of sp³-hybridized carbons (Fsp3) is 0.394. The van der Waals surface area contributed by atoms with Crippen molar-refractivity contribution in [3.05, 3.63) is 101 Å². The van der Waals surface area contributed by atoms with E-state index in [2.05, 4.69) is 43.4 Å². The normalized spacial score (nSPS) is 12.2. The molecule has 0 aromatic heterocycles. The van der Waals surface area contributed by atoms with Gasteiger partial charge in [0, 0.05) is 24.9 Å². The summed E-state index contributed by atoms with van der Waals surface area (Å²) in [6.45, 7) is 10.5. The lowest BCUT2D eigenvalue weighted by Crippen LogP contribution is -2.54. The van der Waals surface area contributed by atoms with Gasteiger partial charge in [-0.25, -0.2) is 0 Å². The van der Waals surface area contributed by atoms with Gasteiger partial charge in [-0.2, -0.15) is 0 Å². The fourth-order valence-electron chi connectivity index (χ4n) is 4.44. The highest BCUT2D eigenvalue weighted by Crippen LogP contribution is 2.21. The van der Waals surface area contributed by atoms with E-state index >= 15 is 0 Å². The summed E-state index contributed by atoms with van der Waals surface area (Å²) in [5.74, 6) is 0.979. The number of nitrogens with one attached hydrogen (secondary N) is 1. The minimum absolute atomic E-state index is 0.0502. The van der Waals surface area contributed by atoms with E-state index in [1.807, 2.05) is 75.4 Å². The van der Waals surface area contributed by atoms with Crippen LogP contribution in [0.2, 0.25) is 0 Å². The van der Waals surface area contributed by atoms with E-state index in [1.165, 1.54) is 5.56 Å². The van der Waals surface area contributed by atoms with Gasteiger partial charge in [0.05, 0.1) is 7.11 Å². The van der Waals surface area contributed by atoms with Gasteiger partial charge in [0.2, 0.25) is 11.8 Å². The highest BCUT2D eigenvalue weighted by atomic mass is 16.5. The highest BCUT2D eigenvalue weighted by Gasteiger charge is 2.32. The summed E-state index contributed by atoms with van der Waals surface area (Å²) in [5, 5.41) is 3.12. The monoisotopic (exact) mass is 514 g/mol. The first kappa shape index (κ1) is 29.0. The number of carbonyl (C=O) groups excluding carboxylic acids is 2. The van der Waals surface area contributed by atoms with E-state index in [4.69, 9.17) is 4.74 Å². The lowest BCUT2D eigenvalue weighted by molar-refractivity contribution is -0.141. The summed E-state index contributed by atoms with van der Waals surface area (Å²) in [5.41, 5.74) is 3.90. The van der Waals surface area contributed by atoms with Crippen LogP contribution < -0.4 is 10.1 Å². The predicted octanol–water partition coefficient (Wildman–Crippen LogP) is 6.31. The summed E-state index contributed by atoms with van der Waals surface area (Å²) < 4.78 is 5.42. The van der Waals surface area contributed by atoms with Crippen LogP contribution in [0.15, 0.2) is 78.9 Å². The van der Waals surface area contributed by atoms with E-state index in [0.29, 0.717) is 31.7 Å². The average molecular weight is 515 g/mol. The molecule has 0 bridgehead atoms. The number of carbonyl (C=O) groups is 2. The van der Waals surface area contributed by atoms with Crippen LogP contribution in [0.4, 0.5) is 0 Å². The van der Waals surface area contributed by atoms with Gasteiger partial charge in [0.1, 0.15) is 11.8 Å². The van der Waals surface area contributed by atoms with Gasteiger partial charge in [0.15, 0.2) is 0 Å². The topological polar surface area (TPSA) is 58.6 Å². The molecule has 5 heteroatoms. The fourth-order valence-corrected chi connectivity index (χ4v) is 4.44. The van der Waals surface area contributed by atoms with E-state index in [-0.39, 0.29) is 11.8 Å². The Labute approximate surface area is 228 Å². The van der Waals surface area contributed by atoms with Gasteiger partial charge in [-0.15, -0.1) is 0 Å². The first-order valence-electron chi connectivity index (χ1n) is 13.4. The first-order valence-corrected chi connectivity index (χ1v) is 13.4. The molecule has 0 saturated heterocycles. The van der Waals surface area contributed by atoms with Gasteiger partial charge in [-0.05, 0) is 67.5 Å². The molecular weight excluding hydrogens is 472 g/mol. The molecule has 202 valence electrons. The van der Waals surface area contributed by atoms with Gasteiger partial charge < -0.3 is 15.0 Å². The molecule has 3 aromatic carbocycles. The average Bonchev–Trinajstić information content (AvgIpc) is 2.89. The zero-order chi connectivity index (χ0) is 27.7. The molecule has 38 heavy (non-hydrogen) atoms. The third-order valence-electron chi connectivity index (χ3n) is 6.53. The molecule has 1 atom stereocenters. The maximum absolute atomic E-state index is 13.9. The molecule has 0 aliphatic rings. The molecule has 1 N–H and O–H groups in total. The maximum Gasteiger partial charge on any atom is 0.243 e. The molecule has 2 amide bonds. The van der Waals surface area contributed by atoms with Crippen LogP contribution in [0.3, 0.4) is 0 Å². The van der Waals surface area contributed by atoms with Crippen molar-refractivity contribution in [2.45, 2.75) is 77.9 Å². The van der Waals surface area contributed by atoms with Crippen molar-refractivity contribution in [3.8, 4) is 5.75 Å². The predicted molar refractivity (Wildman–Crippen MR) is 154 cm³/mol. The zero-order valence-electron chi connectivity index (χ0n) is 23.7. The SMILES string of the molecule is COc1cccc(CN(C(=O)CCc2ccc(C(C)C)cc2)[C@H](Cc2ccccc2)C(=O)NC(C)(C)C)c1. The summed E-state index contributed by atoms with van der Waals surface area (Å²) in [6.07, 6.45) is 1.37. The largest absolute Gasteiger partial charge is 0.497 e. The number of hydrogen-bond donors (Lipinski definition) is 1.